The van der Waals surface area contributed by atoms with Crippen LogP contribution < -0.4 is 10.2 Å². The molecule has 1 aliphatic rings. The second-order valence-corrected chi connectivity index (χ2v) is 11.1. The van der Waals surface area contributed by atoms with E-state index in [2.05, 4.69) is 5.32 Å². The third-order valence-electron chi connectivity index (χ3n) is 6.07. The Balaban J connectivity index is 1.38. The molecule has 0 saturated carbocycles. The highest BCUT2D eigenvalue weighted by molar-refractivity contribution is 7.88. The molecule has 3 aromatic rings. The first-order chi connectivity index (χ1) is 15.3. The molecule has 2 heterocycles. The number of hydrogen-bond acceptors (Lipinski definition) is 5. The van der Waals surface area contributed by atoms with E-state index in [9.17, 15) is 18.0 Å². The van der Waals surface area contributed by atoms with E-state index < -0.39 is 10.0 Å². The number of sulfonamides is 1. The Morgan fingerprint density at radius 2 is 1.88 bits per heavy atom. The van der Waals surface area contributed by atoms with Gasteiger partial charge in [-0.2, -0.15) is 0 Å². The van der Waals surface area contributed by atoms with Gasteiger partial charge in [0.2, 0.25) is 15.9 Å². The maximum atomic E-state index is 12.9. The minimum Gasteiger partial charge on any atom is -0.326 e. The monoisotopic (exact) mass is 473 g/mol. The van der Waals surface area contributed by atoms with Crippen molar-refractivity contribution in [1.29, 1.82) is 0 Å². The van der Waals surface area contributed by atoms with E-state index in [-0.39, 0.29) is 22.5 Å². The zero-order valence-corrected chi connectivity index (χ0v) is 19.8. The molecule has 0 atom stereocenters. The highest BCUT2D eigenvalue weighted by Gasteiger charge is 2.31. The van der Waals surface area contributed by atoms with Crippen molar-refractivity contribution in [2.24, 2.45) is 5.92 Å². The number of nitrogens with one attached hydrogen (secondary N) is 1. The number of anilines is 1. The smallest absolute Gasteiger partial charge is 0.308 e. The lowest BCUT2D eigenvalue weighted by molar-refractivity contribution is -0.120. The van der Waals surface area contributed by atoms with Gasteiger partial charge in [0.05, 0.1) is 16.0 Å². The molecule has 1 aromatic heterocycles. The molecule has 32 heavy (non-hydrogen) atoms. The first kappa shape index (κ1) is 22.7. The number of carbonyl (C=O) groups excluding carboxylic acids is 1. The van der Waals surface area contributed by atoms with Crippen molar-refractivity contribution in [2.45, 2.75) is 39.0 Å². The van der Waals surface area contributed by atoms with Gasteiger partial charge in [0, 0.05) is 31.2 Å². The van der Waals surface area contributed by atoms with Gasteiger partial charge in [0.25, 0.3) is 0 Å². The second-order valence-electron chi connectivity index (χ2n) is 8.14. The van der Waals surface area contributed by atoms with E-state index in [1.165, 1.54) is 15.6 Å². The Morgan fingerprint density at radius 3 is 2.56 bits per heavy atom. The van der Waals surface area contributed by atoms with Crippen LogP contribution in [0.5, 0.6) is 0 Å². The Labute approximate surface area is 191 Å². The van der Waals surface area contributed by atoms with Gasteiger partial charge in [0.1, 0.15) is 0 Å². The van der Waals surface area contributed by atoms with E-state index >= 15 is 0 Å². The van der Waals surface area contributed by atoms with Crippen molar-refractivity contribution in [3.8, 4) is 0 Å². The quantitative estimate of drug-likeness (QED) is 0.593. The summed E-state index contributed by atoms with van der Waals surface area (Å²) in [6, 6.07) is 13.0. The largest absolute Gasteiger partial charge is 0.326 e. The third kappa shape index (κ3) is 4.65. The van der Waals surface area contributed by atoms with Crippen LogP contribution in [0, 0.1) is 12.8 Å². The Hall–Kier alpha value is -2.49. The number of amides is 1. The first-order valence-electron chi connectivity index (χ1n) is 10.7. The van der Waals surface area contributed by atoms with Crippen molar-refractivity contribution >= 4 is 43.2 Å². The average Bonchev–Trinajstić information content (AvgIpc) is 3.09. The van der Waals surface area contributed by atoms with Gasteiger partial charge in [-0.1, -0.05) is 35.6 Å². The van der Waals surface area contributed by atoms with E-state index in [1.54, 1.807) is 10.6 Å². The van der Waals surface area contributed by atoms with Crippen LogP contribution >= 0.6 is 11.3 Å². The zero-order valence-electron chi connectivity index (χ0n) is 18.2. The van der Waals surface area contributed by atoms with Crippen LogP contribution in [0.25, 0.3) is 10.2 Å². The van der Waals surface area contributed by atoms with Crippen LogP contribution in [0.3, 0.4) is 0 Å². The molecule has 0 radical (unpaired) electrons. The predicted molar refractivity (Wildman–Crippen MR) is 128 cm³/mol. The fraction of sp³-hybridized carbons (Fsp3) is 0.391. The second kappa shape index (κ2) is 9.17. The van der Waals surface area contributed by atoms with Crippen LogP contribution in [0.2, 0.25) is 0 Å². The number of fused-ring (bicyclic) bond motifs is 1. The molecule has 9 heteroatoms. The van der Waals surface area contributed by atoms with E-state index in [0.717, 1.165) is 21.3 Å². The molecular formula is C23H27N3O4S2. The Morgan fingerprint density at radius 1 is 1.16 bits per heavy atom. The average molecular weight is 474 g/mol. The van der Waals surface area contributed by atoms with E-state index in [1.807, 2.05) is 50.2 Å². The maximum Gasteiger partial charge on any atom is 0.308 e. The van der Waals surface area contributed by atoms with Crippen LogP contribution in [-0.4, -0.2) is 36.3 Å². The van der Waals surface area contributed by atoms with Gasteiger partial charge in [-0.05, 0) is 56.0 Å². The van der Waals surface area contributed by atoms with Crippen LogP contribution in [0.15, 0.2) is 47.3 Å². The maximum absolute atomic E-state index is 12.9. The fourth-order valence-corrected chi connectivity index (χ4v) is 6.80. The summed E-state index contributed by atoms with van der Waals surface area (Å²) < 4.78 is 29.8. The number of benzene rings is 2. The number of piperidine rings is 1. The van der Waals surface area contributed by atoms with Gasteiger partial charge in [-0.25, -0.2) is 12.7 Å². The summed E-state index contributed by atoms with van der Waals surface area (Å²) in [6.07, 6.45) is 0.973. The van der Waals surface area contributed by atoms with Crippen molar-refractivity contribution in [3.05, 3.63) is 63.3 Å². The number of aryl methyl sites for hydroxylation is 2. The summed E-state index contributed by atoms with van der Waals surface area (Å²) >= 11 is 1.17. The summed E-state index contributed by atoms with van der Waals surface area (Å²) in [7, 11) is -3.42. The normalized spacial score (nSPS) is 15.8. The summed E-state index contributed by atoms with van der Waals surface area (Å²) in [5.74, 6) is -0.367. The molecular weight excluding hydrogens is 446 g/mol. The molecule has 1 fully saturated rings. The van der Waals surface area contributed by atoms with Gasteiger partial charge in [0.15, 0.2) is 0 Å². The third-order valence-corrected chi connectivity index (χ3v) is 8.84. The number of carbonyl (C=O) groups is 1. The molecule has 0 spiro atoms. The first-order valence-corrected chi connectivity index (χ1v) is 13.2. The lowest BCUT2D eigenvalue weighted by Gasteiger charge is -2.30. The van der Waals surface area contributed by atoms with Crippen molar-refractivity contribution < 1.29 is 13.2 Å². The number of aromatic nitrogens is 1. The highest BCUT2D eigenvalue weighted by Crippen LogP contribution is 2.26. The van der Waals surface area contributed by atoms with Crippen molar-refractivity contribution in [2.75, 3.05) is 18.4 Å². The molecule has 170 valence electrons. The van der Waals surface area contributed by atoms with Crippen LogP contribution in [0.4, 0.5) is 5.69 Å². The lowest BCUT2D eigenvalue weighted by atomic mass is 9.97. The Kier molecular flexibility index (Phi) is 6.50. The van der Waals surface area contributed by atoms with Gasteiger partial charge >= 0.3 is 4.87 Å². The molecule has 1 N–H and O–H groups in total. The summed E-state index contributed by atoms with van der Waals surface area (Å²) in [6.45, 7) is 5.12. The number of thiazole rings is 1. The SMILES string of the molecule is CCn1c(=O)sc2cc(NC(=O)C3CCN(S(=O)(=O)Cc4ccccc4C)CC3)ccc21. The molecule has 0 aliphatic carbocycles. The van der Waals surface area contributed by atoms with Crippen molar-refractivity contribution in [1.82, 2.24) is 8.87 Å². The summed E-state index contributed by atoms with van der Waals surface area (Å²) in [4.78, 5) is 24.8. The topological polar surface area (TPSA) is 88.5 Å². The Bertz CT molecular complexity index is 1300. The minimum atomic E-state index is -3.42. The van der Waals surface area contributed by atoms with Gasteiger partial charge in [-0.3, -0.25) is 14.2 Å². The zero-order chi connectivity index (χ0) is 22.9. The molecule has 7 nitrogen and oxygen atoms in total. The number of nitrogens with zero attached hydrogens (tertiary/aromatic N) is 2. The molecule has 0 unspecified atom stereocenters. The summed E-state index contributed by atoms with van der Waals surface area (Å²) in [5, 5.41) is 2.94. The molecule has 2 aromatic carbocycles. The summed E-state index contributed by atoms with van der Waals surface area (Å²) in [5.41, 5.74) is 3.29. The number of hydrogen-bond donors (Lipinski definition) is 1. The molecule has 4 rings (SSSR count). The van der Waals surface area contributed by atoms with Crippen molar-refractivity contribution in [3.63, 3.8) is 0 Å². The lowest BCUT2D eigenvalue weighted by Crippen LogP contribution is -2.41. The van der Waals surface area contributed by atoms with Crippen LogP contribution in [0.1, 0.15) is 30.9 Å². The van der Waals surface area contributed by atoms with Gasteiger partial charge in [-0.15, -0.1) is 0 Å². The van der Waals surface area contributed by atoms with Gasteiger partial charge < -0.3 is 5.32 Å². The molecule has 1 amide bonds. The van der Waals surface area contributed by atoms with E-state index in [0.29, 0.717) is 38.2 Å². The minimum absolute atomic E-state index is 0.00902. The number of rotatable bonds is 6. The van der Waals surface area contributed by atoms with E-state index in [4.69, 9.17) is 0 Å². The fourth-order valence-electron chi connectivity index (χ4n) is 4.14. The molecule has 1 aliphatic heterocycles. The van der Waals surface area contributed by atoms with Crippen LogP contribution in [-0.2, 0) is 27.1 Å². The standard InChI is InChI=1S/C23H27N3O4S2/c1-3-26-20-9-8-19(14-21(20)31-23(26)28)24-22(27)17-10-12-25(13-11-17)32(29,30)15-18-7-5-4-6-16(18)2/h4-9,14,17H,3,10-13,15H2,1-2H3,(H,24,27). The predicted octanol–water partition coefficient (Wildman–Crippen LogP) is 3.57. The molecule has 1 saturated heterocycles. The molecule has 0 bridgehead atoms. The highest BCUT2D eigenvalue weighted by atomic mass is 32.2.